The molecule has 0 saturated carbocycles. The van der Waals surface area contributed by atoms with Crippen molar-refractivity contribution in [2.75, 3.05) is 0 Å². The van der Waals surface area contributed by atoms with Crippen molar-refractivity contribution >= 4 is 34.2 Å². The number of rotatable bonds is 1. The lowest BCUT2D eigenvalue weighted by molar-refractivity contribution is 0.100. The van der Waals surface area contributed by atoms with Crippen LogP contribution in [0.5, 0.6) is 0 Å². The maximum atomic E-state index is 11.5. The van der Waals surface area contributed by atoms with Crippen LogP contribution in [0, 0.1) is 0 Å². The van der Waals surface area contributed by atoms with Crippen LogP contribution >= 0.6 is 12.2 Å². The van der Waals surface area contributed by atoms with E-state index < -0.39 is 5.91 Å². The van der Waals surface area contributed by atoms with Gasteiger partial charge >= 0.3 is 0 Å². The first-order valence-corrected chi connectivity index (χ1v) is 4.69. The number of hydrogen-bond donors (Lipinski definition) is 0. The molecule has 4 heteroatoms. The molecule has 0 fully saturated rings. The zero-order valence-electron chi connectivity index (χ0n) is 7.68. The maximum absolute atomic E-state index is 11.5. The van der Waals surface area contributed by atoms with Crippen LogP contribution in [0.15, 0.2) is 41.5 Å². The molecule has 2 rings (SSSR count). The number of carbonyl (C=O) groups is 1. The Kier molecular flexibility index (Phi) is 2.63. The number of carbonyl (C=O) groups excluding carboxylic acids is 1. The molecule has 1 heterocycles. The SMILES string of the molecule is O=C(N=C=S)c1cccc2cccnc12. The van der Waals surface area contributed by atoms with E-state index in [9.17, 15) is 4.79 Å². The molecule has 0 aliphatic heterocycles. The summed E-state index contributed by atoms with van der Waals surface area (Å²) in [6.07, 6.45) is 1.64. The van der Waals surface area contributed by atoms with E-state index in [1.807, 2.05) is 18.2 Å². The first-order chi connectivity index (χ1) is 7.33. The van der Waals surface area contributed by atoms with Gasteiger partial charge in [-0.1, -0.05) is 18.2 Å². The Hall–Kier alpha value is -1.90. The molecule has 0 N–H and O–H groups in total. The predicted molar refractivity (Wildman–Crippen MR) is 61.1 cm³/mol. The minimum absolute atomic E-state index is 0.408. The summed E-state index contributed by atoms with van der Waals surface area (Å²) in [7, 11) is 0. The fraction of sp³-hybridized carbons (Fsp3) is 0. The normalized spacial score (nSPS) is 9.60. The maximum Gasteiger partial charge on any atom is 0.288 e. The van der Waals surface area contributed by atoms with Gasteiger partial charge in [0.2, 0.25) is 0 Å². The smallest absolute Gasteiger partial charge is 0.266 e. The second-order valence-corrected chi connectivity index (χ2v) is 3.07. The summed E-state index contributed by atoms with van der Waals surface area (Å²) in [5.74, 6) is -0.408. The standard InChI is InChI=1S/C11H6N2OS/c14-11(13-7-15)9-5-1-3-8-4-2-6-12-10(8)9/h1-6H. The number of hydrogen-bond acceptors (Lipinski definition) is 3. The quantitative estimate of drug-likeness (QED) is 0.541. The van der Waals surface area contributed by atoms with Crippen LogP contribution in [0.3, 0.4) is 0 Å². The molecule has 0 unspecified atom stereocenters. The van der Waals surface area contributed by atoms with Crippen molar-refractivity contribution in [2.45, 2.75) is 0 Å². The van der Waals surface area contributed by atoms with Gasteiger partial charge in [-0.05, 0) is 24.4 Å². The highest BCUT2D eigenvalue weighted by atomic mass is 32.1. The van der Waals surface area contributed by atoms with Gasteiger partial charge in [-0.2, -0.15) is 4.99 Å². The number of fused-ring (bicyclic) bond motifs is 1. The second kappa shape index (κ2) is 4.09. The van der Waals surface area contributed by atoms with Crippen LogP contribution in [0.25, 0.3) is 10.9 Å². The van der Waals surface area contributed by atoms with Crippen LogP contribution in [-0.4, -0.2) is 16.1 Å². The fourth-order valence-corrected chi connectivity index (χ4v) is 1.46. The monoisotopic (exact) mass is 214 g/mol. The van der Waals surface area contributed by atoms with Gasteiger partial charge in [0.15, 0.2) is 0 Å². The third-order valence-corrected chi connectivity index (χ3v) is 2.10. The predicted octanol–water partition coefficient (Wildman–Crippen LogP) is 2.48. The minimum atomic E-state index is -0.408. The number of aromatic nitrogens is 1. The highest BCUT2D eigenvalue weighted by Crippen LogP contribution is 2.16. The van der Waals surface area contributed by atoms with E-state index in [4.69, 9.17) is 0 Å². The highest BCUT2D eigenvalue weighted by Gasteiger charge is 2.08. The average Bonchev–Trinajstić information content (AvgIpc) is 2.28. The molecule has 3 nitrogen and oxygen atoms in total. The number of benzene rings is 1. The molecule has 0 atom stereocenters. The van der Waals surface area contributed by atoms with Crippen LogP contribution in [0.2, 0.25) is 0 Å². The zero-order valence-corrected chi connectivity index (χ0v) is 8.49. The molecule has 1 aromatic heterocycles. The third-order valence-electron chi connectivity index (χ3n) is 2.01. The number of pyridine rings is 1. The molecule has 1 aromatic carbocycles. The van der Waals surface area contributed by atoms with Crippen molar-refractivity contribution in [1.82, 2.24) is 4.98 Å². The minimum Gasteiger partial charge on any atom is -0.266 e. The number of aliphatic imine (C=N–C) groups is 1. The molecule has 2 aromatic rings. The van der Waals surface area contributed by atoms with Crippen molar-refractivity contribution < 1.29 is 4.79 Å². The summed E-state index contributed by atoms with van der Waals surface area (Å²) in [4.78, 5) is 19.1. The Morgan fingerprint density at radius 2 is 2.13 bits per heavy atom. The zero-order chi connectivity index (χ0) is 10.7. The molecule has 0 bridgehead atoms. The molecule has 1 amide bonds. The third kappa shape index (κ3) is 1.81. The van der Waals surface area contributed by atoms with Gasteiger partial charge in [-0.3, -0.25) is 9.78 Å². The summed E-state index contributed by atoms with van der Waals surface area (Å²) >= 11 is 4.39. The average molecular weight is 214 g/mol. The molecular weight excluding hydrogens is 208 g/mol. The van der Waals surface area contributed by atoms with Gasteiger partial charge in [-0.15, -0.1) is 0 Å². The van der Waals surface area contributed by atoms with Crippen LogP contribution < -0.4 is 0 Å². The largest absolute Gasteiger partial charge is 0.288 e. The first-order valence-electron chi connectivity index (χ1n) is 4.29. The number of amides is 1. The first kappa shape index (κ1) is 9.65. The Morgan fingerprint density at radius 1 is 1.33 bits per heavy atom. The van der Waals surface area contributed by atoms with Crippen molar-refractivity contribution in [3.63, 3.8) is 0 Å². The van der Waals surface area contributed by atoms with Crippen molar-refractivity contribution in [1.29, 1.82) is 0 Å². The topological polar surface area (TPSA) is 42.3 Å². The Morgan fingerprint density at radius 3 is 2.93 bits per heavy atom. The van der Waals surface area contributed by atoms with Gasteiger partial charge in [0.1, 0.15) is 0 Å². The van der Waals surface area contributed by atoms with Crippen molar-refractivity contribution in [2.24, 2.45) is 4.99 Å². The number of isothiocyanates is 1. The lowest BCUT2D eigenvalue weighted by Crippen LogP contribution is -1.96. The number of para-hydroxylation sites is 1. The van der Waals surface area contributed by atoms with Crippen molar-refractivity contribution in [3.05, 3.63) is 42.1 Å². The van der Waals surface area contributed by atoms with E-state index in [0.717, 1.165) is 5.39 Å². The van der Waals surface area contributed by atoms with Gasteiger partial charge in [0.05, 0.1) is 16.2 Å². The summed E-state index contributed by atoms with van der Waals surface area (Å²) in [5, 5.41) is 2.97. The van der Waals surface area contributed by atoms with E-state index in [-0.39, 0.29) is 0 Å². The van der Waals surface area contributed by atoms with E-state index in [1.165, 1.54) is 0 Å². The van der Waals surface area contributed by atoms with E-state index in [2.05, 4.69) is 27.4 Å². The summed E-state index contributed by atoms with van der Waals surface area (Å²) in [5.41, 5.74) is 1.09. The van der Waals surface area contributed by atoms with Gasteiger partial charge in [-0.25, -0.2) is 0 Å². The van der Waals surface area contributed by atoms with Crippen LogP contribution in [0.1, 0.15) is 10.4 Å². The van der Waals surface area contributed by atoms with Gasteiger partial charge in [0, 0.05) is 11.6 Å². The lowest BCUT2D eigenvalue weighted by atomic mass is 10.1. The Bertz CT molecular complexity index is 568. The molecule has 0 saturated heterocycles. The summed E-state index contributed by atoms with van der Waals surface area (Å²) < 4.78 is 0. The van der Waals surface area contributed by atoms with Crippen LogP contribution in [-0.2, 0) is 0 Å². The van der Waals surface area contributed by atoms with E-state index >= 15 is 0 Å². The van der Waals surface area contributed by atoms with E-state index in [1.54, 1.807) is 18.3 Å². The van der Waals surface area contributed by atoms with Crippen LogP contribution in [0.4, 0.5) is 0 Å². The van der Waals surface area contributed by atoms with Crippen molar-refractivity contribution in [3.8, 4) is 0 Å². The Labute approximate surface area is 91.5 Å². The molecule has 15 heavy (non-hydrogen) atoms. The van der Waals surface area contributed by atoms with E-state index in [0.29, 0.717) is 11.1 Å². The Balaban J connectivity index is 2.71. The molecule has 0 aliphatic carbocycles. The molecule has 0 aliphatic rings. The number of nitrogens with zero attached hydrogens (tertiary/aromatic N) is 2. The van der Waals surface area contributed by atoms with Gasteiger partial charge in [0.25, 0.3) is 5.91 Å². The summed E-state index contributed by atoms with van der Waals surface area (Å²) in [6.45, 7) is 0. The second-order valence-electron chi connectivity index (χ2n) is 2.89. The summed E-state index contributed by atoms with van der Waals surface area (Å²) in [6, 6.07) is 9.06. The molecule has 72 valence electrons. The molecule has 0 spiro atoms. The van der Waals surface area contributed by atoms with Gasteiger partial charge < -0.3 is 0 Å². The molecule has 0 radical (unpaired) electrons. The molecular formula is C11H6N2OS. The lowest BCUT2D eigenvalue weighted by Gasteiger charge is -1.99. The fourth-order valence-electron chi connectivity index (χ4n) is 1.38. The highest BCUT2D eigenvalue weighted by molar-refractivity contribution is 7.78. The number of thiocarbonyl (C=S) groups is 1.